The van der Waals surface area contributed by atoms with Crippen molar-refractivity contribution >= 4 is 5.71 Å². The van der Waals surface area contributed by atoms with Crippen LogP contribution in [-0.4, -0.2) is 12.8 Å². The standard InChI is InChI=1S/C7H15N/c1-4-6-7(5-2)8-3/h4-6H2,1-3H3. The lowest BCUT2D eigenvalue weighted by Crippen LogP contribution is -1.93. The maximum atomic E-state index is 4.11. The predicted molar refractivity (Wildman–Crippen MR) is 38.6 cm³/mol. The van der Waals surface area contributed by atoms with E-state index in [1.54, 1.807) is 0 Å². The van der Waals surface area contributed by atoms with E-state index in [9.17, 15) is 0 Å². The molecule has 0 saturated carbocycles. The second-order valence-corrected chi connectivity index (χ2v) is 1.89. The highest BCUT2D eigenvalue weighted by Crippen LogP contribution is 1.94. The van der Waals surface area contributed by atoms with E-state index >= 15 is 0 Å². The van der Waals surface area contributed by atoms with Crippen molar-refractivity contribution in [3.05, 3.63) is 0 Å². The molecular formula is C7H15N. The Labute approximate surface area is 51.8 Å². The molecule has 0 N–H and O–H groups in total. The Morgan fingerprint density at radius 2 is 2.00 bits per heavy atom. The van der Waals surface area contributed by atoms with E-state index in [0.29, 0.717) is 0 Å². The van der Waals surface area contributed by atoms with Gasteiger partial charge in [-0.1, -0.05) is 20.3 Å². The van der Waals surface area contributed by atoms with Gasteiger partial charge in [0.15, 0.2) is 0 Å². The lowest BCUT2D eigenvalue weighted by Gasteiger charge is -1.95. The third-order valence-corrected chi connectivity index (χ3v) is 1.26. The quantitative estimate of drug-likeness (QED) is 0.498. The number of hydrogen-bond donors (Lipinski definition) is 0. The van der Waals surface area contributed by atoms with Crippen molar-refractivity contribution in [1.29, 1.82) is 0 Å². The molecule has 0 spiro atoms. The molecule has 0 radical (unpaired) electrons. The summed E-state index contributed by atoms with van der Waals surface area (Å²) in [6.07, 6.45) is 3.51. The van der Waals surface area contributed by atoms with Gasteiger partial charge in [-0.15, -0.1) is 0 Å². The fraction of sp³-hybridized carbons (Fsp3) is 0.857. The molecule has 0 atom stereocenters. The first-order valence-corrected chi connectivity index (χ1v) is 3.29. The van der Waals surface area contributed by atoms with E-state index in [2.05, 4.69) is 18.8 Å². The van der Waals surface area contributed by atoms with E-state index < -0.39 is 0 Å². The maximum absolute atomic E-state index is 4.11. The van der Waals surface area contributed by atoms with Crippen molar-refractivity contribution in [3.8, 4) is 0 Å². The first-order valence-electron chi connectivity index (χ1n) is 3.29. The minimum atomic E-state index is 1.12. The van der Waals surface area contributed by atoms with E-state index in [1.807, 2.05) is 7.05 Å². The number of rotatable bonds is 3. The molecule has 0 fully saturated rings. The Hall–Kier alpha value is -0.330. The smallest absolute Gasteiger partial charge is 0.0276 e. The minimum absolute atomic E-state index is 1.12. The average Bonchev–Trinajstić information content (AvgIpc) is 1.83. The number of hydrogen-bond acceptors (Lipinski definition) is 1. The molecule has 0 saturated heterocycles. The molecule has 48 valence electrons. The third-order valence-electron chi connectivity index (χ3n) is 1.26. The van der Waals surface area contributed by atoms with Crippen LogP contribution in [0.15, 0.2) is 4.99 Å². The lowest BCUT2D eigenvalue weighted by molar-refractivity contribution is 0.962. The van der Waals surface area contributed by atoms with Crippen LogP contribution in [0.1, 0.15) is 33.1 Å². The summed E-state index contributed by atoms with van der Waals surface area (Å²) in [5, 5.41) is 0. The molecule has 0 bridgehead atoms. The average molecular weight is 113 g/mol. The summed E-state index contributed by atoms with van der Waals surface area (Å²) in [4.78, 5) is 4.11. The van der Waals surface area contributed by atoms with Crippen LogP contribution in [0.4, 0.5) is 0 Å². The molecule has 0 aromatic carbocycles. The molecule has 0 aliphatic carbocycles. The Morgan fingerprint density at radius 3 is 2.12 bits per heavy atom. The van der Waals surface area contributed by atoms with Crippen LogP contribution < -0.4 is 0 Å². The van der Waals surface area contributed by atoms with Crippen molar-refractivity contribution in [1.82, 2.24) is 0 Å². The molecule has 0 aliphatic heterocycles. The third kappa shape index (κ3) is 2.78. The zero-order chi connectivity index (χ0) is 6.41. The fourth-order valence-electron chi connectivity index (χ4n) is 0.735. The van der Waals surface area contributed by atoms with Gasteiger partial charge in [0, 0.05) is 12.8 Å². The van der Waals surface area contributed by atoms with E-state index in [0.717, 1.165) is 6.42 Å². The predicted octanol–water partition coefficient (Wildman–Crippen LogP) is 2.27. The van der Waals surface area contributed by atoms with Crippen LogP contribution in [0.5, 0.6) is 0 Å². The van der Waals surface area contributed by atoms with Crippen molar-refractivity contribution in [3.63, 3.8) is 0 Å². The summed E-state index contributed by atoms with van der Waals surface area (Å²) >= 11 is 0. The molecule has 0 aromatic rings. The van der Waals surface area contributed by atoms with E-state index in [1.165, 1.54) is 18.6 Å². The Bertz CT molecular complexity index is 74.5. The summed E-state index contributed by atoms with van der Waals surface area (Å²) in [6, 6.07) is 0. The Morgan fingerprint density at radius 1 is 1.38 bits per heavy atom. The molecular weight excluding hydrogens is 98.1 g/mol. The molecule has 0 aromatic heterocycles. The summed E-state index contributed by atoms with van der Waals surface area (Å²) in [5.41, 5.74) is 1.34. The number of aliphatic imine (C=N–C) groups is 1. The van der Waals surface area contributed by atoms with Gasteiger partial charge in [-0.2, -0.15) is 0 Å². The first kappa shape index (κ1) is 7.67. The topological polar surface area (TPSA) is 12.4 Å². The minimum Gasteiger partial charge on any atom is -0.297 e. The van der Waals surface area contributed by atoms with Crippen LogP contribution in [0.2, 0.25) is 0 Å². The van der Waals surface area contributed by atoms with Crippen LogP contribution in [0.25, 0.3) is 0 Å². The van der Waals surface area contributed by atoms with Crippen molar-refractivity contribution < 1.29 is 0 Å². The zero-order valence-corrected chi connectivity index (χ0v) is 6.07. The van der Waals surface area contributed by atoms with Crippen molar-refractivity contribution in [2.24, 2.45) is 4.99 Å². The number of nitrogens with zero attached hydrogens (tertiary/aromatic N) is 1. The SMILES string of the molecule is CCCC(CC)=NC. The molecule has 0 unspecified atom stereocenters. The summed E-state index contributed by atoms with van der Waals surface area (Å²) in [7, 11) is 1.87. The van der Waals surface area contributed by atoms with E-state index in [-0.39, 0.29) is 0 Å². The molecule has 8 heavy (non-hydrogen) atoms. The van der Waals surface area contributed by atoms with Gasteiger partial charge in [-0.05, 0) is 12.8 Å². The van der Waals surface area contributed by atoms with Gasteiger partial charge < -0.3 is 0 Å². The highest BCUT2D eigenvalue weighted by atomic mass is 14.7. The Balaban J connectivity index is 3.38. The van der Waals surface area contributed by atoms with Crippen molar-refractivity contribution in [2.45, 2.75) is 33.1 Å². The van der Waals surface area contributed by atoms with Gasteiger partial charge in [0.25, 0.3) is 0 Å². The van der Waals surface area contributed by atoms with Gasteiger partial charge in [-0.3, -0.25) is 4.99 Å². The first-order chi connectivity index (χ1) is 3.85. The maximum Gasteiger partial charge on any atom is 0.0276 e. The fourth-order valence-corrected chi connectivity index (χ4v) is 0.735. The molecule has 1 nitrogen and oxygen atoms in total. The highest BCUT2D eigenvalue weighted by molar-refractivity contribution is 5.83. The van der Waals surface area contributed by atoms with Gasteiger partial charge in [0.2, 0.25) is 0 Å². The normalized spacial score (nSPS) is 12.1. The lowest BCUT2D eigenvalue weighted by atomic mass is 10.2. The Kier molecular flexibility index (Phi) is 4.62. The largest absolute Gasteiger partial charge is 0.297 e. The van der Waals surface area contributed by atoms with Crippen LogP contribution in [0, 0.1) is 0 Å². The highest BCUT2D eigenvalue weighted by Gasteiger charge is 1.88. The zero-order valence-electron chi connectivity index (χ0n) is 6.07. The summed E-state index contributed by atoms with van der Waals surface area (Å²) in [5.74, 6) is 0. The van der Waals surface area contributed by atoms with E-state index in [4.69, 9.17) is 0 Å². The van der Waals surface area contributed by atoms with Crippen LogP contribution in [0.3, 0.4) is 0 Å². The van der Waals surface area contributed by atoms with Gasteiger partial charge in [-0.25, -0.2) is 0 Å². The van der Waals surface area contributed by atoms with Crippen LogP contribution >= 0.6 is 0 Å². The molecule has 0 aliphatic rings. The second-order valence-electron chi connectivity index (χ2n) is 1.89. The molecule has 1 heteroatoms. The molecule has 0 heterocycles. The monoisotopic (exact) mass is 113 g/mol. The summed E-state index contributed by atoms with van der Waals surface area (Å²) in [6.45, 7) is 4.33. The van der Waals surface area contributed by atoms with Gasteiger partial charge in [0.1, 0.15) is 0 Å². The second kappa shape index (κ2) is 4.82. The molecule has 0 amide bonds. The van der Waals surface area contributed by atoms with Crippen molar-refractivity contribution in [2.75, 3.05) is 7.05 Å². The van der Waals surface area contributed by atoms with Crippen LogP contribution in [-0.2, 0) is 0 Å². The molecule has 0 rings (SSSR count). The van der Waals surface area contributed by atoms with Gasteiger partial charge >= 0.3 is 0 Å². The van der Waals surface area contributed by atoms with Gasteiger partial charge in [0.05, 0.1) is 0 Å². The summed E-state index contributed by atoms with van der Waals surface area (Å²) < 4.78 is 0.